The van der Waals surface area contributed by atoms with Crippen molar-refractivity contribution >= 4 is 24.8 Å². The zero-order chi connectivity index (χ0) is 10.1. The normalized spacial score (nSPS) is 23.2. The van der Waals surface area contributed by atoms with Gasteiger partial charge in [-0.15, -0.1) is 24.8 Å². The molecule has 1 fully saturated rings. The van der Waals surface area contributed by atoms with Gasteiger partial charge in [0.25, 0.3) is 0 Å². The van der Waals surface area contributed by atoms with Gasteiger partial charge in [0.1, 0.15) is 5.82 Å². The molecule has 0 bridgehead atoms. The van der Waals surface area contributed by atoms with Crippen molar-refractivity contribution in [1.29, 1.82) is 0 Å². The lowest BCUT2D eigenvalue weighted by Gasteiger charge is -2.20. The van der Waals surface area contributed by atoms with Gasteiger partial charge in [-0.25, -0.2) is 4.98 Å². The largest absolute Gasteiger partial charge is 0.345 e. The average molecular weight is 278 g/mol. The third kappa shape index (κ3) is 3.15. The molecular weight excluding hydrogens is 257 g/mol. The van der Waals surface area contributed by atoms with E-state index >= 15 is 0 Å². The van der Waals surface area contributed by atoms with E-state index in [1.54, 1.807) is 0 Å². The number of hydrogen-bond acceptors (Lipinski definition) is 2. The van der Waals surface area contributed by atoms with Crippen LogP contribution in [0.2, 0.25) is 0 Å². The molecule has 0 radical (unpaired) electrons. The third-order valence-corrected chi connectivity index (χ3v) is 3.66. The summed E-state index contributed by atoms with van der Waals surface area (Å²) in [6.07, 6.45) is 7.63. The Morgan fingerprint density at radius 1 is 1.06 bits per heavy atom. The first-order valence-electron chi connectivity index (χ1n) is 6.22. The number of aromatic nitrogens is 2. The molecule has 98 valence electrons. The molecule has 2 heterocycles. The maximum atomic E-state index is 4.78. The number of fused-ring (bicyclic) bond motifs is 1. The van der Waals surface area contributed by atoms with E-state index in [2.05, 4.69) is 10.3 Å². The zero-order valence-electron chi connectivity index (χ0n) is 10.00. The predicted molar refractivity (Wildman–Crippen MR) is 74.6 cm³/mol. The quantitative estimate of drug-likeness (QED) is 0.829. The molecule has 1 aromatic heterocycles. The van der Waals surface area contributed by atoms with Crippen molar-refractivity contribution < 1.29 is 0 Å². The fraction of sp³-hybridized carbons (Fsp3) is 0.750. The predicted octanol–water partition coefficient (Wildman–Crippen LogP) is 2.60. The van der Waals surface area contributed by atoms with Crippen LogP contribution in [0.15, 0.2) is 0 Å². The summed E-state index contributed by atoms with van der Waals surface area (Å²) in [5, 5.41) is 3.45. The first-order chi connectivity index (χ1) is 7.43. The molecule has 17 heavy (non-hydrogen) atoms. The number of nitrogens with zero attached hydrogens (tertiary/aromatic N) is 1. The van der Waals surface area contributed by atoms with Crippen molar-refractivity contribution in [2.24, 2.45) is 0 Å². The molecule has 5 heteroatoms. The number of aryl methyl sites for hydroxylation is 2. The lowest BCUT2D eigenvalue weighted by Crippen LogP contribution is -2.28. The van der Waals surface area contributed by atoms with Crippen molar-refractivity contribution in [1.82, 2.24) is 15.3 Å². The van der Waals surface area contributed by atoms with Crippen LogP contribution in [-0.2, 0) is 12.8 Å². The average Bonchev–Trinajstić information content (AvgIpc) is 2.74. The van der Waals surface area contributed by atoms with Crippen LogP contribution < -0.4 is 5.32 Å². The van der Waals surface area contributed by atoms with Gasteiger partial charge < -0.3 is 10.3 Å². The fourth-order valence-corrected chi connectivity index (χ4v) is 2.75. The minimum absolute atomic E-state index is 0. The number of piperidine rings is 1. The van der Waals surface area contributed by atoms with Gasteiger partial charge in [0, 0.05) is 18.2 Å². The number of rotatable bonds is 1. The summed E-state index contributed by atoms with van der Waals surface area (Å²) >= 11 is 0. The molecule has 3 rings (SSSR count). The lowest BCUT2D eigenvalue weighted by molar-refractivity contribution is 0.448. The minimum atomic E-state index is 0. The Morgan fingerprint density at radius 3 is 2.59 bits per heavy atom. The zero-order valence-corrected chi connectivity index (χ0v) is 11.6. The van der Waals surface area contributed by atoms with Crippen LogP contribution in [0.4, 0.5) is 0 Å². The molecule has 0 aromatic carbocycles. The molecule has 1 saturated heterocycles. The Kier molecular flexibility index (Phi) is 5.77. The number of H-pyrrole nitrogens is 1. The molecule has 0 saturated carbocycles. The molecule has 1 unspecified atom stereocenters. The summed E-state index contributed by atoms with van der Waals surface area (Å²) in [7, 11) is 0. The summed E-state index contributed by atoms with van der Waals surface area (Å²) in [4.78, 5) is 8.33. The maximum Gasteiger partial charge on any atom is 0.110 e. The monoisotopic (exact) mass is 277 g/mol. The van der Waals surface area contributed by atoms with Crippen LogP contribution in [0, 0.1) is 0 Å². The van der Waals surface area contributed by atoms with E-state index in [9.17, 15) is 0 Å². The Bertz CT molecular complexity index is 322. The summed E-state index contributed by atoms with van der Waals surface area (Å²) < 4.78 is 0. The number of aromatic amines is 1. The van der Waals surface area contributed by atoms with Crippen LogP contribution in [0.5, 0.6) is 0 Å². The van der Waals surface area contributed by atoms with E-state index in [0.717, 1.165) is 6.54 Å². The first-order valence-corrected chi connectivity index (χ1v) is 6.22. The van der Waals surface area contributed by atoms with Gasteiger partial charge in [0.2, 0.25) is 0 Å². The topological polar surface area (TPSA) is 40.7 Å². The number of hydrogen-bond donors (Lipinski definition) is 2. The molecule has 0 amide bonds. The highest BCUT2D eigenvalue weighted by Gasteiger charge is 2.21. The van der Waals surface area contributed by atoms with Gasteiger partial charge in [-0.3, -0.25) is 0 Å². The minimum Gasteiger partial charge on any atom is -0.345 e. The molecule has 3 nitrogen and oxygen atoms in total. The SMILES string of the molecule is C1CCc2[nH]c(C3CCCNC3)nc2C1.Cl.Cl. The molecule has 1 atom stereocenters. The second kappa shape index (κ2) is 6.62. The molecule has 0 spiro atoms. The Labute approximate surface area is 115 Å². The van der Waals surface area contributed by atoms with E-state index in [1.165, 1.54) is 62.3 Å². The number of imidazole rings is 1. The molecular formula is C12H21Cl2N3. The second-order valence-electron chi connectivity index (χ2n) is 4.80. The summed E-state index contributed by atoms with van der Waals surface area (Å²) in [5.41, 5.74) is 2.77. The Morgan fingerprint density at radius 2 is 1.88 bits per heavy atom. The van der Waals surface area contributed by atoms with Crippen LogP contribution in [-0.4, -0.2) is 23.1 Å². The summed E-state index contributed by atoms with van der Waals surface area (Å²) in [6, 6.07) is 0. The molecule has 1 aromatic rings. The van der Waals surface area contributed by atoms with Gasteiger partial charge >= 0.3 is 0 Å². The van der Waals surface area contributed by atoms with Crippen molar-refractivity contribution in [3.63, 3.8) is 0 Å². The maximum absolute atomic E-state index is 4.78. The standard InChI is InChI=1S/C12H19N3.2ClH/c1-2-6-11-10(5-1)14-12(15-11)9-4-3-7-13-8-9;;/h9,13H,1-8H2,(H,14,15);2*1H. The highest BCUT2D eigenvalue weighted by atomic mass is 35.5. The van der Waals surface area contributed by atoms with Gasteiger partial charge in [0.15, 0.2) is 0 Å². The highest BCUT2D eigenvalue weighted by molar-refractivity contribution is 5.85. The number of nitrogens with one attached hydrogen (secondary N) is 2. The van der Waals surface area contributed by atoms with Crippen LogP contribution in [0.3, 0.4) is 0 Å². The Hall–Kier alpha value is -0.250. The van der Waals surface area contributed by atoms with Gasteiger partial charge in [-0.2, -0.15) is 0 Å². The van der Waals surface area contributed by atoms with E-state index in [-0.39, 0.29) is 24.8 Å². The molecule has 2 aliphatic rings. The molecule has 1 aliphatic heterocycles. The van der Waals surface area contributed by atoms with Crippen molar-refractivity contribution in [3.05, 3.63) is 17.2 Å². The van der Waals surface area contributed by atoms with Crippen LogP contribution in [0.25, 0.3) is 0 Å². The first kappa shape index (κ1) is 14.8. The van der Waals surface area contributed by atoms with E-state index in [0.29, 0.717) is 5.92 Å². The van der Waals surface area contributed by atoms with Crippen LogP contribution >= 0.6 is 24.8 Å². The molecule has 2 N–H and O–H groups in total. The highest BCUT2D eigenvalue weighted by Crippen LogP contribution is 2.25. The van der Waals surface area contributed by atoms with Crippen molar-refractivity contribution in [2.75, 3.05) is 13.1 Å². The van der Waals surface area contributed by atoms with Crippen molar-refractivity contribution in [3.8, 4) is 0 Å². The Balaban J connectivity index is 0.000000722. The summed E-state index contributed by atoms with van der Waals surface area (Å²) in [6.45, 7) is 2.28. The fourth-order valence-electron chi connectivity index (χ4n) is 2.75. The second-order valence-corrected chi connectivity index (χ2v) is 4.80. The smallest absolute Gasteiger partial charge is 0.110 e. The van der Waals surface area contributed by atoms with E-state index in [4.69, 9.17) is 4.98 Å². The number of halogens is 2. The van der Waals surface area contributed by atoms with E-state index < -0.39 is 0 Å². The van der Waals surface area contributed by atoms with Crippen molar-refractivity contribution in [2.45, 2.75) is 44.4 Å². The van der Waals surface area contributed by atoms with Gasteiger partial charge in [-0.1, -0.05) is 0 Å². The van der Waals surface area contributed by atoms with Gasteiger partial charge in [-0.05, 0) is 45.1 Å². The summed E-state index contributed by atoms with van der Waals surface area (Å²) in [5.74, 6) is 1.87. The third-order valence-electron chi connectivity index (χ3n) is 3.66. The van der Waals surface area contributed by atoms with Gasteiger partial charge in [0.05, 0.1) is 5.69 Å². The molecule has 1 aliphatic carbocycles. The lowest BCUT2D eigenvalue weighted by atomic mass is 9.99. The van der Waals surface area contributed by atoms with Crippen LogP contribution in [0.1, 0.15) is 48.8 Å². The van der Waals surface area contributed by atoms with E-state index in [1.807, 2.05) is 0 Å².